The van der Waals surface area contributed by atoms with Gasteiger partial charge in [-0.2, -0.15) is 0 Å². The Morgan fingerprint density at radius 3 is 2.52 bits per heavy atom. The van der Waals surface area contributed by atoms with Gasteiger partial charge >= 0.3 is 0 Å². The van der Waals surface area contributed by atoms with Crippen molar-refractivity contribution in [2.75, 3.05) is 10.6 Å². The highest BCUT2D eigenvalue weighted by atomic mass is 35.5. The highest BCUT2D eigenvalue weighted by molar-refractivity contribution is 6.35. The fraction of sp³-hybridized carbons (Fsp3) is 0.267. The number of amides is 2. The summed E-state index contributed by atoms with van der Waals surface area (Å²) in [6.07, 6.45) is 0.479. The Hall–Kier alpha value is -2.05. The summed E-state index contributed by atoms with van der Waals surface area (Å²) in [4.78, 5) is 24.2. The fourth-order valence-corrected chi connectivity index (χ4v) is 2.57. The predicted molar refractivity (Wildman–Crippen MR) is 86.6 cm³/mol. The van der Waals surface area contributed by atoms with Crippen molar-refractivity contribution in [2.24, 2.45) is 11.8 Å². The molecule has 0 spiro atoms. The second-order valence-corrected chi connectivity index (χ2v) is 6.22. The Morgan fingerprint density at radius 1 is 1.17 bits per heavy atom. The van der Waals surface area contributed by atoms with Gasteiger partial charge in [-0.3, -0.25) is 9.59 Å². The van der Waals surface area contributed by atoms with Crippen molar-refractivity contribution in [1.29, 1.82) is 0 Å². The summed E-state index contributed by atoms with van der Waals surface area (Å²) < 4.78 is 4.87. The van der Waals surface area contributed by atoms with Gasteiger partial charge in [-0.15, -0.1) is 0 Å². The van der Waals surface area contributed by atoms with E-state index in [1.54, 1.807) is 31.2 Å². The van der Waals surface area contributed by atoms with Crippen LogP contribution in [0, 0.1) is 18.8 Å². The summed E-state index contributed by atoms with van der Waals surface area (Å²) in [6.45, 7) is 1.73. The van der Waals surface area contributed by atoms with Gasteiger partial charge in [0.1, 0.15) is 5.76 Å². The first-order chi connectivity index (χ1) is 10.9. The minimum Gasteiger partial charge on any atom is -0.360 e. The van der Waals surface area contributed by atoms with Gasteiger partial charge in [-0.1, -0.05) is 28.4 Å². The van der Waals surface area contributed by atoms with Gasteiger partial charge in [0, 0.05) is 11.1 Å². The third-order valence-corrected chi connectivity index (χ3v) is 4.09. The number of benzene rings is 1. The maximum atomic E-state index is 12.2. The third kappa shape index (κ3) is 3.65. The first kappa shape index (κ1) is 15.8. The molecule has 23 heavy (non-hydrogen) atoms. The number of anilines is 2. The lowest BCUT2D eigenvalue weighted by molar-refractivity contribution is -0.122. The van der Waals surface area contributed by atoms with Crippen molar-refractivity contribution < 1.29 is 14.1 Å². The van der Waals surface area contributed by atoms with E-state index in [1.165, 1.54) is 0 Å². The van der Waals surface area contributed by atoms with Crippen molar-refractivity contribution in [3.63, 3.8) is 0 Å². The molecule has 2 amide bonds. The predicted octanol–water partition coefficient (Wildman–Crippen LogP) is 3.50. The number of aryl methyl sites for hydroxylation is 1. The first-order valence-corrected chi connectivity index (χ1v) is 7.70. The van der Waals surface area contributed by atoms with E-state index in [9.17, 15) is 9.59 Å². The zero-order valence-corrected chi connectivity index (χ0v) is 13.6. The molecule has 0 bridgehead atoms. The van der Waals surface area contributed by atoms with Crippen molar-refractivity contribution >= 4 is 46.5 Å². The van der Waals surface area contributed by atoms with Crippen LogP contribution in [0.25, 0.3) is 0 Å². The van der Waals surface area contributed by atoms with E-state index in [4.69, 9.17) is 27.7 Å². The Bertz CT molecular complexity index is 775. The lowest BCUT2D eigenvalue weighted by Gasteiger charge is -2.07. The van der Waals surface area contributed by atoms with E-state index in [1.807, 2.05) is 0 Å². The zero-order chi connectivity index (χ0) is 16.6. The quantitative estimate of drug-likeness (QED) is 0.880. The number of hydrogen-bond donors (Lipinski definition) is 2. The van der Waals surface area contributed by atoms with Gasteiger partial charge in [0.15, 0.2) is 5.82 Å². The van der Waals surface area contributed by atoms with Gasteiger partial charge in [-0.25, -0.2) is 0 Å². The van der Waals surface area contributed by atoms with Crippen LogP contribution in [0.4, 0.5) is 11.5 Å². The molecule has 1 fully saturated rings. The van der Waals surface area contributed by atoms with Crippen LogP contribution in [-0.4, -0.2) is 17.0 Å². The molecule has 3 rings (SSSR count). The highest BCUT2D eigenvalue weighted by Gasteiger charge is 2.48. The van der Waals surface area contributed by atoms with E-state index in [-0.39, 0.29) is 17.7 Å². The molecule has 1 aromatic carbocycles. The van der Waals surface area contributed by atoms with Crippen molar-refractivity contribution in [2.45, 2.75) is 13.3 Å². The molecule has 120 valence electrons. The van der Waals surface area contributed by atoms with Crippen LogP contribution < -0.4 is 10.6 Å². The lowest BCUT2D eigenvalue weighted by Crippen LogP contribution is -2.20. The van der Waals surface area contributed by atoms with Crippen LogP contribution in [-0.2, 0) is 9.59 Å². The second-order valence-electron chi connectivity index (χ2n) is 5.37. The Morgan fingerprint density at radius 2 is 1.87 bits per heavy atom. The maximum Gasteiger partial charge on any atom is 0.229 e. The van der Waals surface area contributed by atoms with E-state index in [0.717, 1.165) is 0 Å². The van der Waals surface area contributed by atoms with Crippen molar-refractivity contribution in [3.8, 4) is 0 Å². The van der Waals surface area contributed by atoms with Crippen LogP contribution in [0.2, 0.25) is 10.0 Å². The Balaban J connectivity index is 1.58. The molecule has 0 radical (unpaired) electrons. The standard InChI is InChI=1S/C15H13Cl2N3O3/c1-7-4-13(20-23-7)19-15(22)10-6-9(10)14(21)18-12-5-8(16)2-3-11(12)17/h2-5,9-10H,6H2,1H3,(H,18,21)(H,19,20,22). The summed E-state index contributed by atoms with van der Waals surface area (Å²) in [6, 6.07) is 6.41. The molecule has 1 saturated carbocycles. The van der Waals surface area contributed by atoms with E-state index < -0.39 is 5.92 Å². The Labute approximate surface area is 142 Å². The molecule has 2 unspecified atom stereocenters. The summed E-state index contributed by atoms with van der Waals surface area (Å²) in [7, 11) is 0. The average molecular weight is 354 g/mol. The number of halogens is 2. The minimum atomic E-state index is -0.391. The number of carbonyl (C=O) groups excluding carboxylic acids is 2. The highest BCUT2D eigenvalue weighted by Crippen LogP contribution is 2.40. The first-order valence-electron chi connectivity index (χ1n) is 6.94. The third-order valence-electron chi connectivity index (χ3n) is 3.53. The van der Waals surface area contributed by atoms with Gasteiger partial charge in [0.05, 0.1) is 22.5 Å². The van der Waals surface area contributed by atoms with E-state index in [2.05, 4.69) is 15.8 Å². The Kier molecular flexibility index (Phi) is 4.28. The molecule has 2 atom stereocenters. The van der Waals surface area contributed by atoms with Crippen LogP contribution in [0.5, 0.6) is 0 Å². The maximum absolute atomic E-state index is 12.2. The van der Waals surface area contributed by atoms with E-state index in [0.29, 0.717) is 33.7 Å². The molecule has 8 heteroatoms. The molecular weight excluding hydrogens is 341 g/mol. The number of aromatic nitrogens is 1. The number of carbonyl (C=O) groups is 2. The second kappa shape index (κ2) is 6.22. The van der Waals surface area contributed by atoms with Gasteiger partial charge in [0.25, 0.3) is 0 Å². The van der Waals surface area contributed by atoms with Crippen LogP contribution in [0.3, 0.4) is 0 Å². The fourth-order valence-electron chi connectivity index (χ4n) is 2.24. The summed E-state index contributed by atoms with van der Waals surface area (Å²) in [5.74, 6) is -0.346. The monoisotopic (exact) mass is 353 g/mol. The summed E-state index contributed by atoms with van der Waals surface area (Å²) >= 11 is 11.9. The van der Waals surface area contributed by atoms with E-state index >= 15 is 0 Å². The SMILES string of the molecule is Cc1cc(NC(=O)C2CC2C(=O)Nc2cc(Cl)ccc2Cl)no1. The molecule has 1 aromatic heterocycles. The van der Waals surface area contributed by atoms with Crippen LogP contribution in [0.1, 0.15) is 12.2 Å². The molecular formula is C15H13Cl2N3O3. The largest absolute Gasteiger partial charge is 0.360 e. The summed E-state index contributed by atoms with van der Waals surface area (Å²) in [5, 5.41) is 9.86. The average Bonchev–Trinajstić information content (AvgIpc) is 3.21. The number of nitrogens with zero attached hydrogens (tertiary/aromatic N) is 1. The molecule has 0 aliphatic heterocycles. The molecule has 1 heterocycles. The molecule has 1 aliphatic carbocycles. The summed E-state index contributed by atoms with van der Waals surface area (Å²) in [5.41, 5.74) is 0.433. The minimum absolute atomic E-state index is 0.254. The van der Waals surface area contributed by atoms with Gasteiger partial charge in [0.2, 0.25) is 11.8 Å². The molecule has 6 nitrogen and oxygen atoms in total. The number of nitrogens with one attached hydrogen (secondary N) is 2. The normalized spacial score (nSPS) is 19.3. The van der Waals surface area contributed by atoms with Gasteiger partial charge < -0.3 is 15.2 Å². The van der Waals surface area contributed by atoms with Crippen LogP contribution >= 0.6 is 23.2 Å². The smallest absolute Gasteiger partial charge is 0.229 e. The topological polar surface area (TPSA) is 84.2 Å². The lowest BCUT2D eigenvalue weighted by atomic mass is 10.2. The number of hydrogen-bond acceptors (Lipinski definition) is 4. The van der Waals surface area contributed by atoms with Crippen molar-refractivity contribution in [3.05, 3.63) is 40.1 Å². The molecule has 1 aliphatic rings. The molecule has 2 N–H and O–H groups in total. The number of rotatable bonds is 4. The van der Waals surface area contributed by atoms with Crippen LogP contribution in [0.15, 0.2) is 28.8 Å². The molecule has 0 saturated heterocycles. The van der Waals surface area contributed by atoms with Gasteiger partial charge in [-0.05, 0) is 31.5 Å². The zero-order valence-electron chi connectivity index (χ0n) is 12.1. The van der Waals surface area contributed by atoms with Crippen molar-refractivity contribution in [1.82, 2.24) is 5.16 Å². The molecule has 2 aromatic rings.